The molecule has 1 aromatic carbocycles. The normalized spacial score (nSPS) is 24.8. The van der Waals surface area contributed by atoms with Gasteiger partial charge in [-0.25, -0.2) is 8.42 Å². The van der Waals surface area contributed by atoms with Crippen LogP contribution in [-0.4, -0.2) is 27.0 Å². The minimum Gasteiger partial charge on any atom is -0.313 e. The third-order valence-electron chi connectivity index (χ3n) is 4.63. The van der Waals surface area contributed by atoms with Crippen molar-refractivity contribution >= 4 is 25.8 Å². The summed E-state index contributed by atoms with van der Waals surface area (Å²) in [6, 6.07) is 6.53. The predicted octanol–water partition coefficient (Wildman–Crippen LogP) is 3.62. The first-order valence-electron chi connectivity index (χ1n) is 7.45. The van der Waals surface area contributed by atoms with Crippen LogP contribution in [0.4, 0.5) is 0 Å². The molecule has 5 heteroatoms. The van der Waals surface area contributed by atoms with Crippen LogP contribution < -0.4 is 5.32 Å². The summed E-state index contributed by atoms with van der Waals surface area (Å²) in [5.74, 6) is 0.372. The number of benzene rings is 1. The summed E-state index contributed by atoms with van der Waals surface area (Å²) < 4.78 is 24.8. The molecule has 2 rings (SSSR count). The number of hydrogen-bond acceptors (Lipinski definition) is 3. The quantitative estimate of drug-likeness (QED) is 0.876. The highest BCUT2D eigenvalue weighted by Crippen LogP contribution is 2.38. The Morgan fingerprint density at radius 3 is 2.67 bits per heavy atom. The van der Waals surface area contributed by atoms with Crippen LogP contribution in [0.5, 0.6) is 0 Å². The van der Waals surface area contributed by atoms with Crippen molar-refractivity contribution in [2.75, 3.05) is 13.3 Å². The largest absolute Gasteiger partial charge is 0.313 e. The summed E-state index contributed by atoms with van der Waals surface area (Å²) in [6.07, 6.45) is 5.02. The lowest BCUT2D eigenvalue weighted by Gasteiger charge is -2.34. The number of halogens is 1. The minimum absolute atomic E-state index is 0.181. The van der Waals surface area contributed by atoms with Gasteiger partial charge in [-0.3, -0.25) is 0 Å². The zero-order valence-electron chi connectivity index (χ0n) is 12.9. The summed E-state index contributed by atoms with van der Waals surface area (Å²) in [4.78, 5) is 0. The Kier molecular flexibility index (Phi) is 5.49. The molecule has 0 amide bonds. The van der Waals surface area contributed by atoms with Gasteiger partial charge in [0.15, 0.2) is 0 Å². The van der Waals surface area contributed by atoms with Crippen molar-refractivity contribution in [3.05, 3.63) is 33.8 Å². The average Bonchev–Trinajstić information content (AvgIpc) is 2.43. The molecule has 1 saturated carbocycles. The van der Waals surface area contributed by atoms with Crippen LogP contribution in [0.3, 0.4) is 0 Å². The van der Waals surface area contributed by atoms with E-state index in [-0.39, 0.29) is 11.3 Å². The lowest BCUT2D eigenvalue weighted by atomic mass is 9.80. The van der Waals surface area contributed by atoms with Crippen LogP contribution in [-0.2, 0) is 9.84 Å². The average molecular weight is 374 g/mol. The molecule has 21 heavy (non-hydrogen) atoms. The molecule has 1 fully saturated rings. The number of nitrogens with one attached hydrogen (secondary N) is 1. The second-order valence-corrected chi connectivity index (χ2v) is 9.39. The molecule has 0 aromatic heterocycles. The minimum atomic E-state index is -2.94. The summed E-state index contributed by atoms with van der Waals surface area (Å²) >= 11 is 3.54. The van der Waals surface area contributed by atoms with E-state index in [4.69, 9.17) is 0 Å². The van der Waals surface area contributed by atoms with Crippen LogP contribution in [0.2, 0.25) is 0 Å². The van der Waals surface area contributed by atoms with Gasteiger partial charge in [0.25, 0.3) is 0 Å². The van der Waals surface area contributed by atoms with Gasteiger partial charge in [0.05, 0.1) is 5.25 Å². The van der Waals surface area contributed by atoms with E-state index < -0.39 is 9.84 Å². The Morgan fingerprint density at radius 1 is 1.33 bits per heavy atom. The summed E-state index contributed by atoms with van der Waals surface area (Å²) in [6.45, 7) is 2.11. The van der Waals surface area contributed by atoms with E-state index in [1.54, 1.807) is 0 Å². The molecule has 0 bridgehead atoms. The van der Waals surface area contributed by atoms with Crippen molar-refractivity contribution in [3.63, 3.8) is 0 Å². The van der Waals surface area contributed by atoms with Crippen molar-refractivity contribution in [1.29, 1.82) is 0 Å². The Hall–Kier alpha value is -0.390. The number of hydrogen-bond donors (Lipinski definition) is 1. The molecule has 0 saturated heterocycles. The van der Waals surface area contributed by atoms with E-state index in [0.29, 0.717) is 5.92 Å². The molecule has 1 aliphatic carbocycles. The van der Waals surface area contributed by atoms with Crippen LogP contribution in [0.15, 0.2) is 22.7 Å². The van der Waals surface area contributed by atoms with Gasteiger partial charge in [-0.1, -0.05) is 28.4 Å². The zero-order chi connectivity index (χ0) is 15.6. The van der Waals surface area contributed by atoms with Crippen LogP contribution >= 0.6 is 15.9 Å². The molecular weight excluding hydrogens is 350 g/mol. The zero-order valence-corrected chi connectivity index (χ0v) is 15.3. The van der Waals surface area contributed by atoms with Gasteiger partial charge in [-0.05, 0) is 62.4 Å². The fourth-order valence-electron chi connectivity index (χ4n) is 3.46. The predicted molar refractivity (Wildman–Crippen MR) is 91.3 cm³/mol. The SMILES string of the molecule is CNC(c1cc(Br)ccc1C)C1CCCC(S(C)(=O)=O)C1. The number of aryl methyl sites for hydroxylation is 1. The molecule has 3 atom stereocenters. The van der Waals surface area contributed by atoms with Crippen LogP contribution in [0.1, 0.15) is 42.9 Å². The maximum atomic E-state index is 11.9. The first-order chi connectivity index (χ1) is 9.82. The second-order valence-electron chi connectivity index (χ2n) is 6.15. The van der Waals surface area contributed by atoms with E-state index >= 15 is 0 Å². The van der Waals surface area contributed by atoms with Crippen molar-refractivity contribution in [2.24, 2.45) is 5.92 Å². The Labute approximate surface area is 136 Å². The van der Waals surface area contributed by atoms with Gasteiger partial charge >= 0.3 is 0 Å². The van der Waals surface area contributed by atoms with Crippen LogP contribution in [0.25, 0.3) is 0 Å². The Morgan fingerprint density at radius 2 is 2.05 bits per heavy atom. The Bertz CT molecular complexity index is 600. The van der Waals surface area contributed by atoms with Gasteiger partial charge in [0.1, 0.15) is 9.84 Å². The van der Waals surface area contributed by atoms with E-state index in [1.807, 2.05) is 13.1 Å². The molecule has 118 valence electrons. The van der Waals surface area contributed by atoms with E-state index in [2.05, 4.69) is 40.3 Å². The fourth-order valence-corrected chi connectivity index (χ4v) is 5.03. The number of rotatable bonds is 4. The standard InChI is InChI=1S/C16H24BrNO2S/c1-11-7-8-13(17)10-15(11)16(18-2)12-5-4-6-14(9-12)21(3,19)20/h7-8,10,12,14,16,18H,4-6,9H2,1-3H3. The molecular formula is C16H24BrNO2S. The van der Waals surface area contributed by atoms with Gasteiger partial charge in [-0.2, -0.15) is 0 Å². The molecule has 1 aromatic rings. The smallest absolute Gasteiger partial charge is 0.150 e. The molecule has 0 spiro atoms. The van der Waals surface area contributed by atoms with E-state index in [0.717, 1.165) is 30.2 Å². The lowest BCUT2D eigenvalue weighted by Crippen LogP contribution is -2.34. The van der Waals surface area contributed by atoms with E-state index in [1.165, 1.54) is 17.4 Å². The summed E-state index contributed by atoms with van der Waals surface area (Å²) in [5, 5.41) is 3.23. The van der Waals surface area contributed by atoms with Crippen molar-refractivity contribution in [2.45, 2.75) is 43.9 Å². The van der Waals surface area contributed by atoms with Crippen molar-refractivity contribution in [1.82, 2.24) is 5.32 Å². The monoisotopic (exact) mass is 373 g/mol. The first-order valence-corrected chi connectivity index (χ1v) is 10.2. The highest BCUT2D eigenvalue weighted by Gasteiger charge is 2.33. The molecule has 1 N–H and O–H groups in total. The van der Waals surface area contributed by atoms with Crippen molar-refractivity contribution < 1.29 is 8.42 Å². The van der Waals surface area contributed by atoms with Gasteiger partial charge < -0.3 is 5.32 Å². The van der Waals surface area contributed by atoms with Crippen molar-refractivity contribution in [3.8, 4) is 0 Å². The third-order valence-corrected chi connectivity index (χ3v) is 6.76. The maximum Gasteiger partial charge on any atom is 0.150 e. The summed E-state index contributed by atoms with van der Waals surface area (Å²) in [5.41, 5.74) is 2.52. The highest BCUT2D eigenvalue weighted by molar-refractivity contribution is 9.10. The molecule has 1 aliphatic rings. The third kappa shape index (κ3) is 4.08. The molecule has 0 aliphatic heterocycles. The highest BCUT2D eigenvalue weighted by atomic mass is 79.9. The lowest BCUT2D eigenvalue weighted by molar-refractivity contribution is 0.282. The van der Waals surface area contributed by atoms with Gasteiger partial charge in [0, 0.05) is 16.8 Å². The maximum absolute atomic E-state index is 11.9. The van der Waals surface area contributed by atoms with Gasteiger partial charge in [0.2, 0.25) is 0 Å². The molecule has 3 nitrogen and oxygen atoms in total. The number of sulfone groups is 1. The van der Waals surface area contributed by atoms with E-state index in [9.17, 15) is 8.42 Å². The van der Waals surface area contributed by atoms with Gasteiger partial charge in [-0.15, -0.1) is 0 Å². The second kappa shape index (κ2) is 6.80. The molecule has 0 heterocycles. The molecule has 3 unspecified atom stereocenters. The van der Waals surface area contributed by atoms with Crippen LogP contribution in [0, 0.1) is 12.8 Å². The Balaban J connectivity index is 2.27. The first kappa shape index (κ1) is 17.0. The summed E-state index contributed by atoms with van der Waals surface area (Å²) in [7, 11) is -0.971. The molecule has 0 radical (unpaired) electrons. The fraction of sp³-hybridized carbons (Fsp3) is 0.625. The topological polar surface area (TPSA) is 46.2 Å².